The number of nitrogens with one attached hydrogen (secondary N) is 1. The van der Waals surface area contributed by atoms with Gasteiger partial charge >= 0.3 is 0 Å². The first kappa shape index (κ1) is 14.8. The third-order valence-corrected chi connectivity index (χ3v) is 3.61. The predicted octanol–water partition coefficient (Wildman–Crippen LogP) is 5.08. The largest absolute Gasteiger partial charge is 0.310 e. The van der Waals surface area contributed by atoms with Gasteiger partial charge < -0.3 is 5.32 Å². The summed E-state index contributed by atoms with van der Waals surface area (Å²) in [6.07, 6.45) is 2.24. The second-order valence-corrected chi connectivity index (χ2v) is 5.59. The lowest BCUT2D eigenvalue weighted by molar-refractivity contribution is 0.470. The Kier molecular flexibility index (Phi) is 6.32. The van der Waals surface area contributed by atoms with E-state index in [1.807, 2.05) is 18.2 Å². The summed E-state index contributed by atoms with van der Waals surface area (Å²) in [5, 5.41) is 4.81. The van der Waals surface area contributed by atoms with Gasteiger partial charge in [-0.25, -0.2) is 0 Å². The first-order chi connectivity index (χ1) is 8.04. The van der Waals surface area contributed by atoms with E-state index in [-0.39, 0.29) is 0 Å². The maximum Gasteiger partial charge on any atom is 0.0595 e. The molecule has 0 aromatic heterocycles. The number of benzene rings is 1. The van der Waals surface area contributed by atoms with Crippen LogP contribution in [0.5, 0.6) is 0 Å². The van der Waals surface area contributed by atoms with Gasteiger partial charge in [-0.1, -0.05) is 50.0 Å². The first-order valence-corrected chi connectivity index (χ1v) is 6.98. The van der Waals surface area contributed by atoms with E-state index in [0.29, 0.717) is 16.1 Å². The highest BCUT2D eigenvalue weighted by atomic mass is 35.5. The molecular weight excluding hydrogens is 253 g/mol. The molecule has 0 spiro atoms. The minimum Gasteiger partial charge on any atom is -0.310 e. The summed E-state index contributed by atoms with van der Waals surface area (Å²) in [5.41, 5.74) is 1.21. The molecule has 96 valence electrons. The molecule has 0 heterocycles. The van der Waals surface area contributed by atoms with Crippen molar-refractivity contribution >= 4 is 23.2 Å². The van der Waals surface area contributed by atoms with Crippen LogP contribution >= 0.6 is 23.2 Å². The molecule has 1 unspecified atom stereocenters. The molecule has 0 saturated carbocycles. The van der Waals surface area contributed by atoms with Gasteiger partial charge in [0.1, 0.15) is 0 Å². The van der Waals surface area contributed by atoms with Crippen LogP contribution in [0.3, 0.4) is 0 Å². The molecule has 1 atom stereocenters. The van der Waals surface area contributed by atoms with Crippen LogP contribution in [0.1, 0.15) is 45.2 Å². The minimum absolute atomic E-state index is 0.364. The molecule has 0 aliphatic rings. The summed E-state index contributed by atoms with van der Waals surface area (Å²) in [5.74, 6) is 0.730. The average molecular weight is 274 g/mol. The third kappa shape index (κ3) is 4.87. The molecule has 1 N–H and O–H groups in total. The highest BCUT2D eigenvalue weighted by Gasteiger charge is 2.10. The van der Waals surface area contributed by atoms with Crippen molar-refractivity contribution in [3.05, 3.63) is 33.8 Å². The highest BCUT2D eigenvalue weighted by Crippen LogP contribution is 2.26. The molecule has 1 rings (SSSR count). The van der Waals surface area contributed by atoms with Gasteiger partial charge in [-0.2, -0.15) is 0 Å². The molecule has 17 heavy (non-hydrogen) atoms. The third-order valence-electron chi connectivity index (χ3n) is 2.87. The maximum atomic E-state index is 6.04. The van der Waals surface area contributed by atoms with E-state index in [4.69, 9.17) is 23.2 Å². The van der Waals surface area contributed by atoms with Crippen LogP contribution in [0.25, 0.3) is 0 Å². The zero-order valence-corrected chi connectivity index (χ0v) is 12.3. The lowest BCUT2D eigenvalue weighted by atomic mass is 10.0. The molecule has 0 amide bonds. The number of hydrogen-bond acceptors (Lipinski definition) is 1. The average Bonchev–Trinajstić information content (AvgIpc) is 2.28. The fourth-order valence-corrected chi connectivity index (χ4v) is 2.08. The summed E-state index contributed by atoms with van der Waals surface area (Å²) in [6, 6.07) is 6.24. The van der Waals surface area contributed by atoms with E-state index in [0.717, 1.165) is 18.9 Å². The van der Waals surface area contributed by atoms with Crippen molar-refractivity contribution in [2.24, 2.45) is 5.92 Å². The van der Waals surface area contributed by atoms with E-state index in [1.165, 1.54) is 12.0 Å². The molecule has 1 nitrogen and oxygen atoms in total. The molecule has 1 aromatic carbocycles. The summed E-state index contributed by atoms with van der Waals surface area (Å²) in [4.78, 5) is 0. The topological polar surface area (TPSA) is 12.0 Å². The Morgan fingerprint density at radius 3 is 2.41 bits per heavy atom. The van der Waals surface area contributed by atoms with E-state index in [2.05, 4.69) is 26.1 Å². The van der Waals surface area contributed by atoms with Gasteiger partial charge in [0.2, 0.25) is 0 Å². The van der Waals surface area contributed by atoms with Crippen LogP contribution in [0.2, 0.25) is 10.0 Å². The molecule has 0 aliphatic heterocycles. The maximum absolute atomic E-state index is 6.04. The molecule has 0 bridgehead atoms. The second kappa shape index (κ2) is 7.25. The molecule has 0 fully saturated rings. The Bertz CT molecular complexity index is 350. The van der Waals surface area contributed by atoms with Crippen molar-refractivity contribution in [1.82, 2.24) is 5.32 Å². The lowest BCUT2D eigenvalue weighted by Gasteiger charge is -2.18. The lowest BCUT2D eigenvalue weighted by Crippen LogP contribution is -2.22. The van der Waals surface area contributed by atoms with Crippen molar-refractivity contribution in [2.75, 3.05) is 6.54 Å². The molecule has 0 saturated heterocycles. The quantitative estimate of drug-likeness (QED) is 0.762. The van der Waals surface area contributed by atoms with Crippen LogP contribution < -0.4 is 5.32 Å². The fourth-order valence-electron chi connectivity index (χ4n) is 1.77. The van der Waals surface area contributed by atoms with Crippen molar-refractivity contribution in [1.29, 1.82) is 0 Å². The normalized spacial score (nSPS) is 13.1. The van der Waals surface area contributed by atoms with Crippen molar-refractivity contribution in [3.63, 3.8) is 0 Å². The highest BCUT2D eigenvalue weighted by molar-refractivity contribution is 6.42. The fraction of sp³-hybridized carbons (Fsp3) is 0.571. The number of hydrogen-bond donors (Lipinski definition) is 1. The van der Waals surface area contributed by atoms with E-state index in [9.17, 15) is 0 Å². The summed E-state index contributed by atoms with van der Waals surface area (Å²) in [7, 11) is 0. The van der Waals surface area contributed by atoms with Crippen molar-refractivity contribution in [2.45, 2.75) is 39.7 Å². The number of rotatable bonds is 6. The zero-order chi connectivity index (χ0) is 12.8. The van der Waals surface area contributed by atoms with Gasteiger partial charge in [-0.3, -0.25) is 0 Å². The number of halogens is 2. The van der Waals surface area contributed by atoms with Crippen LogP contribution in [0.15, 0.2) is 18.2 Å². The van der Waals surface area contributed by atoms with Gasteiger partial charge in [-0.15, -0.1) is 0 Å². The van der Waals surface area contributed by atoms with E-state index in [1.54, 1.807) is 0 Å². The van der Waals surface area contributed by atoms with Crippen LogP contribution in [-0.4, -0.2) is 6.54 Å². The van der Waals surface area contributed by atoms with Crippen LogP contribution in [0, 0.1) is 5.92 Å². The Morgan fingerprint density at radius 1 is 1.18 bits per heavy atom. The van der Waals surface area contributed by atoms with Gasteiger partial charge in [0.15, 0.2) is 0 Å². The van der Waals surface area contributed by atoms with E-state index >= 15 is 0 Å². The van der Waals surface area contributed by atoms with Crippen LogP contribution in [-0.2, 0) is 0 Å². The Morgan fingerprint density at radius 2 is 1.88 bits per heavy atom. The summed E-state index contributed by atoms with van der Waals surface area (Å²) < 4.78 is 0. The van der Waals surface area contributed by atoms with Crippen molar-refractivity contribution in [3.8, 4) is 0 Å². The van der Waals surface area contributed by atoms with Crippen LogP contribution in [0.4, 0.5) is 0 Å². The Hall–Kier alpha value is -0.240. The SMILES string of the molecule is CCC(NCCC(C)C)c1ccc(Cl)c(Cl)c1. The Balaban J connectivity index is 2.62. The summed E-state index contributed by atoms with van der Waals surface area (Å²) >= 11 is 12.0. The van der Waals surface area contributed by atoms with Gasteiger partial charge in [0.05, 0.1) is 10.0 Å². The monoisotopic (exact) mass is 273 g/mol. The standard InChI is InChI=1S/C14H21Cl2N/c1-4-14(17-8-7-10(2)3)11-5-6-12(15)13(16)9-11/h5-6,9-10,14,17H,4,7-8H2,1-3H3. The molecule has 0 aliphatic carbocycles. The van der Waals surface area contributed by atoms with Gasteiger partial charge in [0, 0.05) is 6.04 Å². The molecule has 0 radical (unpaired) electrons. The first-order valence-electron chi connectivity index (χ1n) is 6.23. The molecule has 3 heteroatoms. The smallest absolute Gasteiger partial charge is 0.0595 e. The predicted molar refractivity (Wildman–Crippen MR) is 77.0 cm³/mol. The zero-order valence-electron chi connectivity index (χ0n) is 10.8. The van der Waals surface area contributed by atoms with Crippen molar-refractivity contribution < 1.29 is 0 Å². The Labute approximate surface area is 115 Å². The van der Waals surface area contributed by atoms with Gasteiger partial charge in [-0.05, 0) is 43.0 Å². The molecular formula is C14H21Cl2N. The minimum atomic E-state index is 0.364. The summed E-state index contributed by atoms with van der Waals surface area (Å²) in [6.45, 7) is 7.69. The van der Waals surface area contributed by atoms with E-state index < -0.39 is 0 Å². The van der Waals surface area contributed by atoms with Gasteiger partial charge in [0.25, 0.3) is 0 Å². The molecule has 1 aromatic rings. The second-order valence-electron chi connectivity index (χ2n) is 4.77.